The molecule has 30 heavy (non-hydrogen) atoms. The summed E-state index contributed by atoms with van der Waals surface area (Å²) in [5, 5.41) is 10.6. The van der Waals surface area contributed by atoms with Gasteiger partial charge in [0, 0.05) is 11.4 Å². The van der Waals surface area contributed by atoms with Crippen molar-refractivity contribution in [2.45, 2.75) is 6.92 Å². The third-order valence-corrected chi connectivity index (χ3v) is 4.15. The van der Waals surface area contributed by atoms with Gasteiger partial charge in [-0.25, -0.2) is 5.43 Å². The van der Waals surface area contributed by atoms with E-state index in [9.17, 15) is 0 Å². The summed E-state index contributed by atoms with van der Waals surface area (Å²) in [6.07, 6.45) is 1.72. The Hall–Kier alpha value is -4.26. The summed E-state index contributed by atoms with van der Waals surface area (Å²) in [5.41, 5.74) is 6.82. The Morgan fingerprint density at radius 3 is 1.67 bits per heavy atom. The van der Waals surface area contributed by atoms with Gasteiger partial charge in [-0.2, -0.15) is 20.1 Å². The fourth-order valence-corrected chi connectivity index (χ4v) is 2.66. The van der Waals surface area contributed by atoms with E-state index in [2.05, 4.69) is 36.1 Å². The molecule has 0 aliphatic carbocycles. The lowest BCUT2D eigenvalue weighted by Crippen LogP contribution is -2.07. The minimum absolute atomic E-state index is 0.324. The summed E-state index contributed by atoms with van der Waals surface area (Å²) in [4.78, 5) is 13.3. The fourth-order valence-electron chi connectivity index (χ4n) is 2.66. The molecular weight excluding hydrogens is 374 g/mol. The molecule has 0 bridgehead atoms. The predicted molar refractivity (Wildman–Crippen MR) is 122 cm³/mol. The van der Waals surface area contributed by atoms with Crippen LogP contribution in [-0.4, -0.2) is 21.2 Å². The second-order valence-corrected chi connectivity index (χ2v) is 6.57. The van der Waals surface area contributed by atoms with Gasteiger partial charge < -0.3 is 10.6 Å². The van der Waals surface area contributed by atoms with Crippen LogP contribution in [0.15, 0.2) is 90.0 Å². The van der Waals surface area contributed by atoms with E-state index in [1.165, 1.54) is 5.56 Å². The molecule has 1 aromatic heterocycles. The third kappa shape index (κ3) is 5.39. The highest BCUT2D eigenvalue weighted by atomic mass is 15.4. The van der Waals surface area contributed by atoms with Crippen LogP contribution in [0.5, 0.6) is 0 Å². The largest absolute Gasteiger partial charge is 0.324 e. The van der Waals surface area contributed by atoms with Crippen LogP contribution < -0.4 is 16.1 Å². The minimum Gasteiger partial charge on any atom is -0.324 e. The van der Waals surface area contributed by atoms with E-state index in [1.807, 2.05) is 91.9 Å². The topological polar surface area (TPSA) is 87.1 Å². The minimum atomic E-state index is 0.324. The normalized spacial score (nSPS) is 10.7. The van der Waals surface area contributed by atoms with E-state index in [4.69, 9.17) is 0 Å². The lowest BCUT2D eigenvalue weighted by atomic mass is 10.2. The maximum Gasteiger partial charge on any atom is 0.250 e. The summed E-state index contributed by atoms with van der Waals surface area (Å²) in [6, 6.07) is 27.5. The number of anilines is 5. The zero-order valence-corrected chi connectivity index (χ0v) is 16.4. The quantitative estimate of drug-likeness (QED) is 0.298. The number of benzene rings is 3. The first-order valence-corrected chi connectivity index (χ1v) is 9.50. The summed E-state index contributed by atoms with van der Waals surface area (Å²) in [5.74, 6) is 1.13. The number of nitrogens with one attached hydrogen (secondary N) is 3. The van der Waals surface area contributed by atoms with Crippen molar-refractivity contribution in [3.05, 3.63) is 96.1 Å². The molecule has 0 spiro atoms. The van der Waals surface area contributed by atoms with Crippen molar-refractivity contribution in [2.75, 3.05) is 16.1 Å². The number of aryl methyl sites for hydroxylation is 1. The molecule has 0 unspecified atom stereocenters. The van der Waals surface area contributed by atoms with Gasteiger partial charge in [0.1, 0.15) is 0 Å². The second kappa shape index (κ2) is 9.29. The third-order valence-electron chi connectivity index (χ3n) is 4.15. The van der Waals surface area contributed by atoms with Crippen molar-refractivity contribution in [3.8, 4) is 0 Å². The zero-order chi connectivity index (χ0) is 20.6. The average Bonchev–Trinajstić information content (AvgIpc) is 2.76. The molecule has 0 saturated carbocycles. The lowest BCUT2D eigenvalue weighted by molar-refractivity contribution is 1.04. The molecule has 0 fully saturated rings. The monoisotopic (exact) mass is 395 g/mol. The summed E-state index contributed by atoms with van der Waals surface area (Å²) in [7, 11) is 0. The Balaban J connectivity index is 1.56. The van der Waals surface area contributed by atoms with Gasteiger partial charge in [-0.3, -0.25) is 0 Å². The number of hydrogen-bond donors (Lipinski definition) is 3. The van der Waals surface area contributed by atoms with Crippen LogP contribution in [0.1, 0.15) is 11.1 Å². The van der Waals surface area contributed by atoms with E-state index in [-0.39, 0.29) is 0 Å². The Morgan fingerprint density at radius 2 is 1.13 bits per heavy atom. The number of para-hydroxylation sites is 2. The summed E-state index contributed by atoms with van der Waals surface area (Å²) >= 11 is 0. The fraction of sp³-hybridized carbons (Fsp3) is 0.0435. The Labute approximate surface area is 175 Å². The van der Waals surface area contributed by atoms with Gasteiger partial charge in [0.05, 0.1) is 6.21 Å². The van der Waals surface area contributed by atoms with Crippen LogP contribution in [-0.2, 0) is 0 Å². The lowest BCUT2D eigenvalue weighted by Gasteiger charge is -2.10. The maximum atomic E-state index is 4.46. The molecule has 148 valence electrons. The molecule has 0 amide bonds. The van der Waals surface area contributed by atoms with Crippen LogP contribution in [0.2, 0.25) is 0 Å². The molecule has 0 atom stereocenters. The maximum absolute atomic E-state index is 4.46. The number of hydrazone groups is 1. The summed E-state index contributed by atoms with van der Waals surface area (Å²) < 4.78 is 0. The van der Waals surface area contributed by atoms with Gasteiger partial charge in [-0.15, -0.1) is 0 Å². The van der Waals surface area contributed by atoms with Crippen molar-refractivity contribution in [1.82, 2.24) is 15.0 Å². The van der Waals surface area contributed by atoms with Crippen LogP contribution in [0.25, 0.3) is 0 Å². The molecule has 0 saturated heterocycles. The first-order chi connectivity index (χ1) is 14.7. The Bertz CT molecular complexity index is 1050. The molecule has 0 aliphatic rings. The number of aromatic nitrogens is 3. The Kier molecular flexibility index (Phi) is 5.91. The molecule has 7 nitrogen and oxygen atoms in total. The van der Waals surface area contributed by atoms with E-state index in [1.54, 1.807) is 6.21 Å². The van der Waals surface area contributed by atoms with Crippen molar-refractivity contribution in [2.24, 2.45) is 5.10 Å². The summed E-state index contributed by atoms with van der Waals surface area (Å²) in [6.45, 7) is 2.05. The number of rotatable bonds is 7. The number of hydrogen-bond acceptors (Lipinski definition) is 7. The molecule has 1 heterocycles. The van der Waals surface area contributed by atoms with Gasteiger partial charge in [-0.05, 0) is 36.8 Å². The van der Waals surface area contributed by atoms with Crippen LogP contribution in [0, 0.1) is 6.92 Å². The first kappa shape index (κ1) is 19.1. The first-order valence-electron chi connectivity index (χ1n) is 9.50. The molecule has 0 aliphatic heterocycles. The van der Waals surface area contributed by atoms with Crippen molar-refractivity contribution in [1.29, 1.82) is 0 Å². The highest BCUT2D eigenvalue weighted by Gasteiger charge is 2.07. The molecular formula is C23H21N7. The van der Waals surface area contributed by atoms with Gasteiger partial charge in [0.15, 0.2) is 0 Å². The van der Waals surface area contributed by atoms with Gasteiger partial charge in [0.2, 0.25) is 17.8 Å². The van der Waals surface area contributed by atoms with Crippen molar-refractivity contribution < 1.29 is 0 Å². The Morgan fingerprint density at radius 1 is 0.633 bits per heavy atom. The van der Waals surface area contributed by atoms with E-state index in [0.717, 1.165) is 16.9 Å². The van der Waals surface area contributed by atoms with Crippen molar-refractivity contribution in [3.63, 3.8) is 0 Å². The van der Waals surface area contributed by atoms with Crippen LogP contribution >= 0.6 is 0 Å². The van der Waals surface area contributed by atoms with Crippen LogP contribution in [0.4, 0.5) is 29.2 Å². The average molecular weight is 395 g/mol. The molecule has 3 N–H and O–H groups in total. The molecule has 7 heteroatoms. The van der Waals surface area contributed by atoms with Gasteiger partial charge in [-0.1, -0.05) is 66.2 Å². The van der Waals surface area contributed by atoms with Crippen LogP contribution in [0.3, 0.4) is 0 Å². The number of nitrogens with zero attached hydrogens (tertiary/aromatic N) is 4. The standard InChI is InChI=1S/C23H21N7/c1-17-12-14-18(15-13-17)16-24-30-23-28-21(25-19-8-4-2-5-9-19)27-22(29-23)26-20-10-6-3-7-11-20/h2-16H,1H3,(H3,25,26,27,28,29,30)/b24-16+. The van der Waals surface area contributed by atoms with E-state index in [0.29, 0.717) is 17.8 Å². The second-order valence-electron chi connectivity index (χ2n) is 6.57. The highest BCUT2D eigenvalue weighted by Crippen LogP contribution is 2.18. The molecule has 4 rings (SSSR count). The van der Waals surface area contributed by atoms with E-state index < -0.39 is 0 Å². The van der Waals surface area contributed by atoms with Crippen molar-refractivity contribution >= 4 is 35.4 Å². The molecule has 3 aromatic carbocycles. The zero-order valence-electron chi connectivity index (χ0n) is 16.4. The SMILES string of the molecule is Cc1ccc(/C=N/Nc2nc(Nc3ccccc3)nc(Nc3ccccc3)n2)cc1. The predicted octanol–water partition coefficient (Wildman–Crippen LogP) is 5.11. The van der Waals surface area contributed by atoms with Gasteiger partial charge in [0.25, 0.3) is 0 Å². The molecule has 0 radical (unpaired) electrons. The highest BCUT2D eigenvalue weighted by molar-refractivity contribution is 5.80. The smallest absolute Gasteiger partial charge is 0.250 e. The molecule has 4 aromatic rings. The van der Waals surface area contributed by atoms with E-state index >= 15 is 0 Å². The van der Waals surface area contributed by atoms with Gasteiger partial charge >= 0.3 is 0 Å².